The number of aliphatic carboxylic acids is 1. The molecule has 3 nitrogen and oxygen atoms in total. The molecule has 0 aliphatic carbocycles. The van der Waals surface area contributed by atoms with Crippen LogP contribution >= 0.6 is 0 Å². The van der Waals surface area contributed by atoms with Gasteiger partial charge in [-0.05, 0) is 56.8 Å². The van der Waals surface area contributed by atoms with E-state index in [-0.39, 0.29) is 12.0 Å². The molecule has 25 heavy (non-hydrogen) atoms. The summed E-state index contributed by atoms with van der Waals surface area (Å²) in [5.74, 6) is -0.911. The second kappa shape index (κ2) is 7.40. The molecule has 1 aliphatic rings. The van der Waals surface area contributed by atoms with E-state index in [9.17, 15) is 9.90 Å². The van der Waals surface area contributed by atoms with Gasteiger partial charge in [-0.1, -0.05) is 53.6 Å². The topological polar surface area (TPSA) is 40.5 Å². The van der Waals surface area contributed by atoms with Crippen LogP contribution < -0.4 is 0 Å². The summed E-state index contributed by atoms with van der Waals surface area (Å²) < 4.78 is 0. The van der Waals surface area contributed by atoms with E-state index in [0.29, 0.717) is 0 Å². The molecule has 1 heterocycles. The molecule has 2 aromatic rings. The van der Waals surface area contributed by atoms with E-state index in [0.717, 1.165) is 25.9 Å². The zero-order chi connectivity index (χ0) is 18.0. The highest BCUT2D eigenvalue weighted by molar-refractivity contribution is 5.71. The second-order valence-corrected chi connectivity index (χ2v) is 7.37. The first-order valence-electron chi connectivity index (χ1n) is 9.08. The van der Waals surface area contributed by atoms with Gasteiger partial charge in [0.25, 0.3) is 0 Å². The lowest BCUT2D eigenvalue weighted by Gasteiger charge is -2.37. The van der Waals surface area contributed by atoms with Gasteiger partial charge in [0.05, 0.1) is 5.92 Å². The normalized spacial score (nSPS) is 21.2. The maximum absolute atomic E-state index is 11.4. The van der Waals surface area contributed by atoms with Crippen LogP contribution in [0.2, 0.25) is 0 Å². The minimum Gasteiger partial charge on any atom is -0.481 e. The Labute approximate surface area is 150 Å². The van der Waals surface area contributed by atoms with Crippen molar-refractivity contribution in [1.82, 2.24) is 4.90 Å². The monoisotopic (exact) mass is 337 g/mol. The molecule has 3 heteroatoms. The molecule has 0 radical (unpaired) electrons. The molecule has 0 aromatic heterocycles. The standard InChI is InChI=1S/C22H27NO2/c1-15-11-16(2)13-20(12-15)19-8-6-18(7-9-19)14-23-10-4-5-21(17(23)3)22(24)25/h6-9,11-13,17,21H,4-5,10,14H2,1-3H3,(H,24,25)/t17-,21-/m1/s1. The van der Waals surface area contributed by atoms with Gasteiger partial charge in [0.15, 0.2) is 0 Å². The summed E-state index contributed by atoms with van der Waals surface area (Å²) in [6.07, 6.45) is 1.75. The summed E-state index contributed by atoms with van der Waals surface area (Å²) >= 11 is 0. The highest BCUT2D eigenvalue weighted by Crippen LogP contribution is 2.27. The van der Waals surface area contributed by atoms with E-state index in [1.807, 2.05) is 6.92 Å². The number of nitrogens with zero attached hydrogens (tertiary/aromatic N) is 1. The van der Waals surface area contributed by atoms with E-state index in [1.54, 1.807) is 0 Å². The smallest absolute Gasteiger partial charge is 0.308 e. The number of carboxylic acids is 1. The first-order valence-corrected chi connectivity index (χ1v) is 9.08. The van der Waals surface area contributed by atoms with Gasteiger partial charge in [-0.2, -0.15) is 0 Å². The Bertz CT molecular complexity index is 731. The molecular weight excluding hydrogens is 310 g/mol. The third-order valence-corrected chi connectivity index (χ3v) is 5.33. The molecule has 0 saturated carbocycles. The summed E-state index contributed by atoms with van der Waals surface area (Å²) in [7, 11) is 0. The summed E-state index contributed by atoms with van der Waals surface area (Å²) in [5, 5.41) is 9.37. The molecule has 0 amide bonds. The van der Waals surface area contributed by atoms with Crippen molar-refractivity contribution in [2.45, 2.75) is 46.2 Å². The lowest BCUT2D eigenvalue weighted by Crippen LogP contribution is -2.45. The number of aryl methyl sites for hydroxylation is 2. The number of likely N-dealkylation sites (tertiary alicyclic amines) is 1. The van der Waals surface area contributed by atoms with Gasteiger partial charge in [-0.25, -0.2) is 0 Å². The van der Waals surface area contributed by atoms with Crippen LogP contribution in [0.4, 0.5) is 0 Å². The Balaban J connectivity index is 1.73. The van der Waals surface area contributed by atoms with Gasteiger partial charge < -0.3 is 5.11 Å². The zero-order valence-corrected chi connectivity index (χ0v) is 15.3. The fourth-order valence-corrected chi connectivity index (χ4v) is 3.94. The number of benzene rings is 2. The van der Waals surface area contributed by atoms with E-state index in [2.05, 4.69) is 61.2 Å². The van der Waals surface area contributed by atoms with Crippen LogP contribution in [-0.4, -0.2) is 28.6 Å². The first kappa shape index (κ1) is 17.7. The van der Waals surface area contributed by atoms with E-state index in [4.69, 9.17) is 0 Å². The van der Waals surface area contributed by atoms with Gasteiger partial charge in [-0.3, -0.25) is 9.69 Å². The molecule has 0 bridgehead atoms. The van der Waals surface area contributed by atoms with Crippen molar-refractivity contribution >= 4 is 5.97 Å². The number of piperidine rings is 1. The minimum absolute atomic E-state index is 0.0883. The number of hydrogen-bond acceptors (Lipinski definition) is 2. The van der Waals surface area contributed by atoms with Crippen LogP contribution in [0, 0.1) is 19.8 Å². The van der Waals surface area contributed by atoms with Crippen LogP contribution in [0.15, 0.2) is 42.5 Å². The highest BCUT2D eigenvalue weighted by atomic mass is 16.4. The quantitative estimate of drug-likeness (QED) is 0.882. The number of hydrogen-bond donors (Lipinski definition) is 1. The Morgan fingerprint density at radius 3 is 2.32 bits per heavy atom. The molecule has 1 saturated heterocycles. The van der Waals surface area contributed by atoms with E-state index in [1.165, 1.54) is 27.8 Å². The molecule has 1 fully saturated rings. The summed E-state index contributed by atoms with van der Waals surface area (Å²) in [6, 6.07) is 15.4. The van der Waals surface area contributed by atoms with Crippen molar-refractivity contribution in [3.8, 4) is 11.1 Å². The third-order valence-electron chi connectivity index (χ3n) is 5.33. The second-order valence-electron chi connectivity index (χ2n) is 7.37. The molecular formula is C22H27NO2. The average molecular weight is 337 g/mol. The first-order chi connectivity index (χ1) is 11.9. The van der Waals surface area contributed by atoms with Crippen molar-refractivity contribution in [1.29, 1.82) is 0 Å². The summed E-state index contributed by atoms with van der Waals surface area (Å²) in [5.41, 5.74) is 6.28. The third kappa shape index (κ3) is 4.10. The van der Waals surface area contributed by atoms with Crippen molar-refractivity contribution in [2.75, 3.05) is 6.54 Å². The van der Waals surface area contributed by atoms with Crippen molar-refractivity contribution in [3.05, 3.63) is 59.2 Å². The van der Waals surface area contributed by atoms with Gasteiger partial charge in [0.1, 0.15) is 0 Å². The maximum atomic E-state index is 11.4. The minimum atomic E-state index is -0.664. The largest absolute Gasteiger partial charge is 0.481 e. The molecule has 2 atom stereocenters. The number of rotatable bonds is 4. The Kier molecular flexibility index (Phi) is 5.24. The van der Waals surface area contributed by atoms with Crippen LogP contribution in [0.1, 0.15) is 36.5 Å². The molecule has 1 N–H and O–H groups in total. The zero-order valence-electron chi connectivity index (χ0n) is 15.3. The Morgan fingerprint density at radius 1 is 1.08 bits per heavy atom. The lowest BCUT2D eigenvalue weighted by atomic mass is 9.90. The molecule has 1 aliphatic heterocycles. The molecule has 0 unspecified atom stereocenters. The maximum Gasteiger partial charge on any atom is 0.308 e. The predicted molar refractivity (Wildman–Crippen MR) is 102 cm³/mol. The van der Waals surface area contributed by atoms with Crippen LogP contribution in [0.3, 0.4) is 0 Å². The number of carboxylic acid groups (broad SMARTS) is 1. The van der Waals surface area contributed by atoms with Crippen molar-refractivity contribution in [2.24, 2.45) is 5.92 Å². The highest BCUT2D eigenvalue weighted by Gasteiger charge is 2.32. The Morgan fingerprint density at radius 2 is 1.72 bits per heavy atom. The SMILES string of the molecule is Cc1cc(C)cc(-c2ccc(CN3CCC[C@@H](C(=O)O)[C@H]3C)cc2)c1. The van der Waals surface area contributed by atoms with Crippen molar-refractivity contribution in [3.63, 3.8) is 0 Å². The van der Waals surface area contributed by atoms with Gasteiger partial charge in [0.2, 0.25) is 0 Å². The van der Waals surface area contributed by atoms with E-state index < -0.39 is 5.97 Å². The average Bonchev–Trinajstić information content (AvgIpc) is 2.56. The van der Waals surface area contributed by atoms with Crippen LogP contribution in [0.25, 0.3) is 11.1 Å². The lowest BCUT2D eigenvalue weighted by molar-refractivity contribution is -0.145. The fourth-order valence-electron chi connectivity index (χ4n) is 3.94. The Hall–Kier alpha value is -2.13. The van der Waals surface area contributed by atoms with E-state index >= 15 is 0 Å². The molecule has 2 aromatic carbocycles. The van der Waals surface area contributed by atoms with Gasteiger partial charge in [0, 0.05) is 12.6 Å². The summed E-state index contributed by atoms with van der Waals surface area (Å²) in [6.45, 7) is 8.09. The van der Waals surface area contributed by atoms with Crippen LogP contribution in [-0.2, 0) is 11.3 Å². The van der Waals surface area contributed by atoms with Crippen LogP contribution in [0.5, 0.6) is 0 Å². The summed E-state index contributed by atoms with van der Waals surface area (Å²) in [4.78, 5) is 13.7. The van der Waals surface area contributed by atoms with Gasteiger partial charge >= 0.3 is 5.97 Å². The molecule has 0 spiro atoms. The molecule has 3 rings (SSSR count). The molecule has 132 valence electrons. The van der Waals surface area contributed by atoms with Crippen molar-refractivity contribution < 1.29 is 9.90 Å². The predicted octanol–water partition coefficient (Wildman–Crippen LogP) is 4.66. The fraction of sp³-hybridized carbons (Fsp3) is 0.409. The number of carbonyl (C=O) groups is 1. The van der Waals surface area contributed by atoms with Gasteiger partial charge in [-0.15, -0.1) is 0 Å².